The van der Waals surface area contributed by atoms with E-state index in [0.29, 0.717) is 55.6 Å². The van der Waals surface area contributed by atoms with Crippen LogP contribution in [0.4, 0.5) is 26.2 Å². The highest BCUT2D eigenvalue weighted by atomic mass is 32.2. The number of carbonyl (C=O) groups is 1. The van der Waals surface area contributed by atoms with Crippen LogP contribution in [0.2, 0.25) is 0 Å². The van der Waals surface area contributed by atoms with Crippen LogP contribution in [0.5, 0.6) is 0 Å². The van der Waals surface area contributed by atoms with Gasteiger partial charge in [-0.3, -0.25) is 4.72 Å². The third-order valence-electron chi connectivity index (χ3n) is 5.90. The summed E-state index contributed by atoms with van der Waals surface area (Å²) in [6, 6.07) is 9.41. The number of halogens is 2. The number of rotatable bonds is 6. The first-order chi connectivity index (χ1) is 17.7. The Hall–Kier alpha value is -4.39. The summed E-state index contributed by atoms with van der Waals surface area (Å²) in [4.78, 5) is 28.3. The molecule has 2 aromatic carbocycles. The van der Waals surface area contributed by atoms with Crippen LogP contribution in [-0.4, -0.2) is 60.6 Å². The minimum atomic E-state index is -4.48. The number of benzene rings is 2. The monoisotopic (exact) mass is 526 g/mol. The van der Waals surface area contributed by atoms with Gasteiger partial charge in [-0.25, -0.2) is 36.9 Å². The molecule has 3 heterocycles. The predicted molar refractivity (Wildman–Crippen MR) is 132 cm³/mol. The Morgan fingerprint density at radius 3 is 2.35 bits per heavy atom. The molecule has 2 aromatic heterocycles. The van der Waals surface area contributed by atoms with E-state index in [1.807, 2.05) is 9.80 Å². The van der Waals surface area contributed by atoms with Crippen molar-refractivity contribution in [2.45, 2.75) is 4.90 Å². The van der Waals surface area contributed by atoms with Gasteiger partial charge in [0.2, 0.25) is 5.95 Å². The lowest BCUT2D eigenvalue weighted by Gasteiger charge is -2.35. The fourth-order valence-electron chi connectivity index (χ4n) is 4.10. The summed E-state index contributed by atoms with van der Waals surface area (Å²) in [5.41, 5.74) is 0.236. The number of fused-ring (bicyclic) bond motifs is 1. The topological polar surface area (TPSA) is 129 Å². The lowest BCUT2D eigenvalue weighted by atomic mass is 10.1. The number of piperazine rings is 1. The van der Waals surface area contributed by atoms with Crippen molar-refractivity contribution in [3.8, 4) is 0 Å². The normalized spacial score (nSPS) is 14.1. The number of nitrogens with one attached hydrogen (secondary N) is 1. The van der Waals surface area contributed by atoms with E-state index < -0.39 is 32.5 Å². The smallest absolute Gasteiger partial charge is 0.336 e. The molecule has 5 rings (SSSR count). The number of carboxylic acid groups (broad SMARTS) is 1. The zero-order valence-electron chi connectivity index (χ0n) is 19.2. The number of hydrogen-bond acceptors (Lipinski definition) is 8. The SMILES string of the molecule is O=C(O)c1cc(N2CCN(c3ncccn3)CC2)nc2ccc(NS(=O)(=O)c3cc(F)ccc3F)cc12. The molecule has 10 nitrogen and oxygen atoms in total. The molecule has 0 atom stereocenters. The first-order valence-electron chi connectivity index (χ1n) is 11.1. The lowest BCUT2D eigenvalue weighted by molar-refractivity contribution is 0.0699. The van der Waals surface area contributed by atoms with Crippen molar-refractivity contribution in [1.82, 2.24) is 15.0 Å². The second-order valence-electron chi connectivity index (χ2n) is 8.27. The molecule has 0 bridgehead atoms. The van der Waals surface area contributed by atoms with Crippen molar-refractivity contribution < 1.29 is 27.1 Å². The van der Waals surface area contributed by atoms with Gasteiger partial charge in [0.1, 0.15) is 22.3 Å². The highest BCUT2D eigenvalue weighted by molar-refractivity contribution is 7.92. The van der Waals surface area contributed by atoms with Crippen molar-refractivity contribution >= 4 is 44.3 Å². The van der Waals surface area contributed by atoms with Crippen molar-refractivity contribution in [3.63, 3.8) is 0 Å². The average molecular weight is 527 g/mol. The van der Waals surface area contributed by atoms with Gasteiger partial charge in [-0.15, -0.1) is 0 Å². The molecule has 0 amide bonds. The minimum Gasteiger partial charge on any atom is -0.478 e. The summed E-state index contributed by atoms with van der Waals surface area (Å²) in [5.74, 6) is -2.17. The Kier molecular flexibility index (Phi) is 6.29. The quantitative estimate of drug-likeness (QED) is 0.389. The standard InChI is InChI=1S/C24H20F2N6O4S/c25-15-2-4-19(26)21(12-15)37(35,36)30-16-3-5-20-17(13-16)18(23(33)34)14-22(29-20)31-8-10-32(11-9-31)24-27-6-1-7-28-24/h1-7,12-14,30H,8-11H2,(H,33,34). The van der Waals surface area contributed by atoms with Gasteiger partial charge in [0.25, 0.3) is 10.0 Å². The Morgan fingerprint density at radius 1 is 0.946 bits per heavy atom. The molecule has 0 aliphatic carbocycles. The van der Waals surface area contributed by atoms with Crippen LogP contribution in [0, 0.1) is 11.6 Å². The molecule has 1 fully saturated rings. The van der Waals surface area contributed by atoms with Gasteiger partial charge in [-0.2, -0.15) is 0 Å². The van der Waals surface area contributed by atoms with Crippen LogP contribution < -0.4 is 14.5 Å². The molecular formula is C24H20F2N6O4S. The molecule has 1 aliphatic heterocycles. The third-order valence-corrected chi connectivity index (χ3v) is 7.30. The van der Waals surface area contributed by atoms with E-state index in [-0.39, 0.29) is 16.6 Å². The predicted octanol–water partition coefficient (Wildman–Crippen LogP) is 3.13. The van der Waals surface area contributed by atoms with Crippen LogP contribution in [0.3, 0.4) is 0 Å². The highest BCUT2D eigenvalue weighted by Crippen LogP contribution is 2.28. The summed E-state index contributed by atoms with van der Waals surface area (Å²) in [6.07, 6.45) is 3.34. The van der Waals surface area contributed by atoms with E-state index in [9.17, 15) is 27.1 Å². The van der Waals surface area contributed by atoms with Gasteiger partial charge < -0.3 is 14.9 Å². The molecule has 37 heavy (non-hydrogen) atoms. The van der Waals surface area contributed by atoms with Crippen molar-refractivity contribution in [2.75, 3.05) is 40.7 Å². The molecule has 0 radical (unpaired) electrons. The number of carboxylic acids is 1. The second-order valence-corrected chi connectivity index (χ2v) is 9.92. The fourth-order valence-corrected chi connectivity index (χ4v) is 5.24. The maximum atomic E-state index is 14.0. The van der Waals surface area contributed by atoms with E-state index >= 15 is 0 Å². The van der Waals surface area contributed by atoms with Gasteiger partial charge in [0.15, 0.2) is 0 Å². The summed E-state index contributed by atoms with van der Waals surface area (Å²) in [6.45, 7) is 2.35. The number of pyridine rings is 1. The van der Waals surface area contributed by atoms with Crippen molar-refractivity contribution in [3.05, 3.63) is 78.1 Å². The molecular weight excluding hydrogens is 506 g/mol. The lowest BCUT2D eigenvalue weighted by Crippen LogP contribution is -2.47. The molecule has 2 N–H and O–H groups in total. The fraction of sp³-hybridized carbons (Fsp3) is 0.167. The van der Waals surface area contributed by atoms with E-state index in [0.717, 1.165) is 6.07 Å². The molecule has 0 saturated carbocycles. The van der Waals surface area contributed by atoms with Gasteiger partial charge in [-0.1, -0.05) is 0 Å². The van der Waals surface area contributed by atoms with Crippen LogP contribution in [0.1, 0.15) is 10.4 Å². The van der Waals surface area contributed by atoms with E-state index in [4.69, 9.17) is 0 Å². The maximum Gasteiger partial charge on any atom is 0.336 e. The number of anilines is 3. The molecule has 1 saturated heterocycles. The number of nitrogens with zero attached hydrogens (tertiary/aromatic N) is 5. The highest BCUT2D eigenvalue weighted by Gasteiger charge is 2.24. The van der Waals surface area contributed by atoms with E-state index in [1.165, 1.54) is 24.3 Å². The summed E-state index contributed by atoms with van der Waals surface area (Å²) in [5, 5.41) is 10.1. The summed E-state index contributed by atoms with van der Waals surface area (Å²) >= 11 is 0. The summed E-state index contributed by atoms with van der Waals surface area (Å²) in [7, 11) is -4.48. The van der Waals surface area contributed by atoms with Crippen LogP contribution in [0.15, 0.2) is 65.8 Å². The van der Waals surface area contributed by atoms with Crippen LogP contribution in [0.25, 0.3) is 10.9 Å². The minimum absolute atomic E-state index is 0.0234. The molecule has 13 heteroatoms. The Balaban J connectivity index is 1.42. The van der Waals surface area contributed by atoms with Gasteiger partial charge >= 0.3 is 5.97 Å². The Labute approximate surface area is 210 Å². The molecule has 190 valence electrons. The zero-order chi connectivity index (χ0) is 26.2. The van der Waals surface area contributed by atoms with Crippen molar-refractivity contribution in [1.29, 1.82) is 0 Å². The molecule has 4 aromatic rings. The molecule has 1 aliphatic rings. The van der Waals surface area contributed by atoms with Gasteiger partial charge in [0.05, 0.1) is 11.1 Å². The second kappa shape index (κ2) is 9.58. The Bertz CT molecular complexity index is 1600. The summed E-state index contributed by atoms with van der Waals surface area (Å²) < 4.78 is 55.0. The zero-order valence-corrected chi connectivity index (χ0v) is 20.0. The van der Waals surface area contributed by atoms with Crippen LogP contribution in [-0.2, 0) is 10.0 Å². The third kappa shape index (κ3) is 4.98. The number of aromatic nitrogens is 3. The largest absolute Gasteiger partial charge is 0.478 e. The van der Waals surface area contributed by atoms with Gasteiger partial charge in [0, 0.05) is 49.6 Å². The number of sulfonamides is 1. The maximum absolute atomic E-state index is 14.0. The number of hydrogen-bond donors (Lipinski definition) is 2. The average Bonchev–Trinajstić information content (AvgIpc) is 2.89. The molecule has 0 unspecified atom stereocenters. The van der Waals surface area contributed by atoms with Gasteiger partial charge in [-0.05, 0) is 48.5 Å². The molecule has 0 spiro atoms. The Morgan fingerprint density at radius 2 is 1.65 bits per heavy atom. The first kappa shape index (κ1) is 24.3. The van der Waals surface area contributed by atoms with E-state index in [2.05, 4.69) is 19.7 Å². The van der Waals surface area contributed by atoms with Crippen molar-refractivity contribution in [2.24, 2.45) is 0 Å². The number of aromatic carboxylic acids is 1. The first-order valence-corrected chi connectivity index (χ1v) is 12.6. The van der Waals surface area contributed by atoms with E-state index in [1.54, 1.807) is 18.5 Å². The van der Waals surface area contributed by atoms with Crippen LogP contribution >= 0.6 is 0 Å².